The minimum Gasteiger partial charge on any atom is -0.469 e. The van der Waals surface area contributed by atoms with Gasteiger partial charge in [0, 0.05) is 25.6 Å². The lowest BCUT2D eigenvalue weighted by Crippen LogP contribution is -2.34. The lowest BCUT2D eigenvalue weighted by Gasteiger charge is -2.15. The van der Waals surface area contributed by atoms with Crippen LogP contribution >= 0.6 is 0 Å². The number of carbonyl (C=O) groups is 3. The molecule has 18 heavy (non-hydrogen) atoms. The molecule has 6 heteroatoms. The van der Waals surface area contributed by atoms with Crippen molar-refractivity contribution in [2.24, 2.45) is 5.92 Å². The molecule has 2 fully saturated rings. The lowest BCUT2D eigenvalue weighted by atomic mass is 10.1. The SMILES string of the molecule is COC(=O)CCNC(=O)C1CC(=O)N(C2CC2)C1. The van der Waals surface area contributed by atoms with E-state index in [1.807, 2.05) is 4.90 Å². The molecule has 1 aliphatic heterocycles. The van der Waals surface area contributed by atoms with E-state index in [1.54, 1.807) is 0 Å². The second-order valence-electron chi connectivity index (χ2n) is 4.80. The van der Waals surface area contributed by atoms with Crippen molar-refractivity contribution < 1.29 is 19.1 Å². The van der Waals surface area contributed by atoms with E-state index in [0.717, 1.165) is 12.8 Å². The molecule has 1 heterocycles. The summed E-state index contributed by atoms with van der Waals surface area (Å²) in [7, 11) is 1.31. The molecule has 0 aromatic heterocycles. The molecule has 1 atom stereocenters. The predicted octanol–water partition coefficient (Wildman–Crippen LogP) is -0.323. The first-order valence-corrected chi connectivity index (χ1v) is 6.26. The number of hydrogen-bond acceptors (Lipinski definition) is 4. The van der Waals surface area contributed by atoms with Crippen LogP contribution in [-0.4, -0.2) is 48.9 Å². The van der Waals surface area contributed by atoms with Crippen molar-refractivity contribution in [2.75, 3.05) is 20.2 Å². The fourth-order valence-electron chi connectivity index (χ4n) is 2.18. The van der Waals surface area contributed by atoms with Crippen LogP contribution in [0.2, 0.25) is 0 Å². The highest BCUT2D eigenvalue weighted by molar-refractivity contribution is 5.89. The minimum atomic E-state index is -0.350. The minimum absolute atomic E-state index is 0.0746. The van der Waals surface area contributed by atoms with E-state index in [-0.39, 0.29) is 36.7 Å². The average molecular weight is 254 g/mol. The number of esters is 1. The maximum absolute atomic E-state index is 11.8. The van der Waals surface area contributed by atoms with E-state index in [0.29, 0.717) is 19.0 Å². The highest BCUT2D eigenvalue weighted by atomic mass is 16.5. The summed E-state index contributed by atoms with van der Waals surface area (Å²) in [6.07, 6.45) is 2.57. The molecule has 0 bridgehead atoms. The molecule has 0 aromatic rings. The summed E-state index contributed by atoms with van der Waals surface area (Å²) in [5, 5.41) is 2.67. The Morgan fingerprint density at radius 1 is 1.44 bits per heavy atom. The van der Waals surface area contributed by atoms with E-state index in [1.165, 1.54) is 7.11 Å². The molecule has 2 aliphatic rings. The number of rotatable bonds is 5. The number of ether oxygens (including phenoxy) is 1. The van der Waals surface area contributed by atoms with Gasteiger partial charge in [0.05, 0.1) is 19.4 Å². The predicted molar refractivity (Wildman–Crippen MR) is 62.5 cm³/mol. The van der Waals surface area contributed by atoms with Gasteiger partial charge in [-0.05, 0) is 12.8 Å². The third-order valence-corrected chi connectivity index (χ3v) is 3.37. The second-order valence-corrected chi connectivity index (χ2v) is 4.80. The van der Waals surface area contributed by atoms with Gasteiger partial charge in [-0.1, -0.05) is 0 Å². The summed E-state index contributed by atoms with van der Waals surface area (Å²) in [5.74, 6) is -0.686. The maximum atomic E-state index is 11.8. The summed E-state index contributed by atoms with van der Waals surface area (Å²) in [5.41, 5.74) is 0. The van der Waals surface area contributed by atoms with Gasteiger partial charge in [0.15, 0.2) is 0 Å². The Bertz CT molecular complexity index is 365. The van der Waals surface area contributed by atoms with E-state index in [9.17, 15) is 14.4 Å². The van der Waals surface area contributed by atoms with Gasteiger partial charge in [-0.3, -0.25) is 14.4 Å². The molecular weight excluding hydrogens is 236 g/mol. The molecule has 2 rings (SSSR count). The smallest absolute Gasteiger partial charge is 0.307 e. The Morgan fingerprint density at radius 2 is 2.17 bits per heavy atom. The Hall–Kier alpha value is -1.59. The van der Waals surface area contributed by atoms with Gasteiger partial charge in [0.25, 0.3) is 0 Å². The van der Waals surface area contributed by atoms with E-state index >= 15 is 0 Å². The van der Waals surface area contributed by atoms with Crippen LogP contribution in [0.15, 0.2) is 0 Å². The molecule has 0 aromatic carbocycles. The third kappa shape index (κ3) is 3.00. The molecule has 1 unspecified atom stereocenters. The van der Waals surface area contributed by atoms with E-state index in [2.05, 4.69) is 10.1 Å². The van der Waals surface area contributed by atoms with Crippen molar-refractivity contribution in [3.63, 3.8) is 0 Å². The molecule has 1 saturated carbocycles. The highest BCUT2D eigenvalue weighted by Crippen LogP contribution is 2.32. The first kappa shape index (κ1) is 12.9. The van der Waals surface area contributed by atoms with Crippen LogP contribution in [0, 0.1) is 5.92 Å². The number of nitrogens with one attached hydrogen (secondary N) is 1. The van der Waals surface area contributed by atoms with Crippen LogP contribution in [0.1, 0.15) is 25.7 Å². The zero-order chi connectivity index (χ0) is 13.1. The molecule has 0 radical (unpaired) electrons. The van der Waals surface area contributed by atoms with Crippen molar-refractivity contribution in [1.29, 1.82) is 0 Å². The third-order valence-electron chi connectivity index (χ3n) is 3.37. The van der Waals surface area contributed by atoms with Crippen molar-refractivity contribution in [3.8, 4) is 0 Å². The standard InChI is InChI=1S/C12H18N2O4/c1-18-11(16)4-5-13-12(17)8-6-10(15)14(7-8)9-2-3-9/h8-9H,2-7H2,1H3,(H,13,17). The number of nitrogens with zero attached hydrogens (tertiary/aromatic N) is 1. The molecule has 1 aliphatic carbocycles. The summed E-state index contributed by atoms with van der Waals surface area (Å²) in [4.78, 5) is 36.2. The molecule has 100 valence electrons. The Balaban J connectivity index is 1.73. The van der Waals surface area contributed by atoms with E-state index in [4.69, 9.17) is 0 Å². The van der Waals surface area contributed by atoms with Gasteiger partial charge in [0.2, 0.25) is 11.8 Å². The van der Waals surface area contributed by atoms with Crippen molar-refractivity contribution in [2.45, 2.75) is 31.7 Å². The molecule has 6 nitrogen and oxygen atoms in total. The van der Waals surface area contributed by atoms with Gasteiger partial charge >= 0.3 is 5.97 Å². The average Bonchev–Trinajstić information content (AvgIpc) is 3.12. The Labute approximate surface area is 106 Å². The molecule has 2 amide bonds. The number of likely N-dealkylation sites (tertiary alicyclic amines) is 1. The van der Waals surface area contributed by atoms with Crippen LogP contribution in [0.4, 0.5) is 0 Å². The van der Waals surface area contributed by atoms with Gasteiger partial charge in [-0.2, -0.15) is 0 Å². The highest BCUT2D eigenvalue weighted by Gasteiger charge is 2.41. The van der Waals surface area contributed by atoms with Gasteiger partial charge < -0.3 is 15.0 Å². The Kier molecular flexibility index (Phi) is 3.84. The van der Waals surface area contributed by atoms with Gasteiger partial charge in [-0.25, -0.2) is 0 Å². The zero-order valence-electron chi connectivity index (χ0n) is 10.5. The van der Waals surface area contributed by atoms with Crippen LogP contribution < -0.4 is 5.32 Å². The van der Waals surface area contributed by atoms with E-state index < -0.39 is 0 Å². The first-order chi connectivity index (χ1) is 8.61. The Morgan fingerprint density at radius 3 is 2.78 bits per heavy atom. The van der Waals surface area contributed by atoms with Crippen molar-refractivity contribution in [3.05, 3.63) is 0 Å². The first-order valence-electron chi connectivity index (χ1n) is 6.26. The van der Waals surface area contributed by atoms with Crippen LogP contribution in [0.5, 0.6) is 0 Å². The quantitative estimate of drug-likeness (QED) is 0.682. The van der Waals surface area contributed by atoms with Gasteiger partial charge in [0.1, 0.15) is 0 Å². The van der Waals surface area contributed by atoms with Crippen LogP contribution in [-0.2, 0) is 19.1 Å². The number of amides is 2. The number of hydrogen-bond donors (Lipinski definition) is 1. The zero-order valence-corrected chi connectivity index (χ0v) is 10.5. The number of carbonyl (C=O) groups excluding carboxylic acids is 3. The monoisotopic (exact) mass is 254 g/mol. The molecule has 1 N–H and O–H groups in total. The molecule has 0 spiro atoms. The summed E-state index contributed by atoms with van der Waals surface area (Å²) in [6.45, 7) is 0.785. The maximum Gasteiger partial charge on any atom is 0.307 e. The summed E-state index contributed by atoms with van der Waals surface area (Å²) in [6, 6.07) is 0.366. The second kappa shape index (κ2) is 5.37. The molecule has 1 saturated heterocycles. The fraction of sp³-hybridized carbons (Fsp3) is 0.750. The fourth-order valence-corrected chi connectivity index (χ4v) is 2.18. The van der Waals surface area contributed by atoms with Crippen molar-refractivity contribution in [1.82, 2.24) is 10.2 Å². The van der Waals surface area contributed by atoms with Crippen LogP contribution in [0.25, 0.3) is 0 Å². The summed E-state index contributed by atoms with van der Waals surface area (Å²) < 4.78 is 4.48. The summed E-state index contributed by atoms with van der Waals surface area (Å²) >= 11 is 0. The topological polar surface area (TPSA) is 75.7 Å². The normalized spacial score (nSPS) is 23.1. The molecular formula is C12H18N2O4. The van der Waals surface area contributed by atoms with Crippen molar-refractivity contribution >= 4 is 17.8 Å². The largest absolute Gasteiger partial charge is 0.469 e. The van der Waals surface area contributed by atoms with Crippen LogP contribution in [0.3, 0.4) is 0 Å². The lowest BCUT2D eigenvalue weighted by molar-refractivity contribution is -0.140. The van der Waals surface area contributed by atoms with Gasteiger partial charge in [-0.15, -0.1) is 0 Å². The number of methoxy groups -OCH3 is 1.